The number of nitrogens with one attached hydrogen (secondary N) is 2. The third-order valence-corrected chi connectivity index (χ3v) is 6.07. The SMILES string of the molecule is O=C(N[C@@H]1C[C@H]2CC[C@@H](C1)N2Cc1ccccc1)c1ccc2cc[nH]c2n1. The maximum Gasteiger partial charge on any atom is 0.270 e. The number of aromatic amines is 1. The monoisotopic (exact) mass is 360 g/mol. The number of amides is 1. The highest BCUT2D eigenvalue weighted by molar-refractivity contribution is 5.94. The van der Waals surface area contributed by atoms with Gasteiger partial charge in [-0.3, -0.25) is 9.69 Å². The minimum absolute atomic E-state index is 0.0626. The predicted octanol–water partition coefficient (Wildman–Crippen LogP) is 3.49. The van der Waals surface area contributed by atoms with Crippen molar-refractivity contribution in [1.82, 2.24) is 20.2 Å². The Balaban J connectivity index is 1.25. The van der Waals surface area contributed by atoms with Crippen LogP contribution in [0.4, 0.5) is 0 Å². The topological polar surface area (TPSA) is 61.0 Å². The molecule has 0 saturated carbocycles. The van der Waals surface area contributed by atoms with Crippen LogP contribution in [-0.2, 0) is 6.54 Å². The Morgan fingerprint density at radius 1 is 1.07 bits per heavy atom. The molecule has 2 aliphatic rings. The summed E-state index contributed by atoms with van der Waals surface area (Å²) in [7, 11) is 0. The molecule has 5 nitrogen and oxygen atoms in total. The van der Waals surface area contributed by atoms with Crippen LogP contribution in [0.1, 0.15) is 41.7 Å². The van der Waals surface area contributed by atoms with Crippen molar-refractivity contribution < 1.29 is 4.79 Å². The molecule has 1 aromatic carbocycles. The van der Waals surface area contributed by atoms with Crippen molar-refractivity contribution in [3.63, 3.8) is 0 Å². The molecular weight excluding hydrogens is 336 g/mol. The summed E-state index contributed by atoms with van der Waals surface area (Å²) in [5.74, 6) is -0.0626. The van der Waals surface area contributed by atoms with Crippen LogP contribution in [-0.4, -0.2) is 38.9 Å². The van der Waals surface area contributed by atoms with Crippen LogP contribution >= 0.6 is 0 Å². The third-order valence-electron chi connectivity index (χ3n) is 6.07. The second-order valence-corrected chi connectivity index (χ2v) is 7.80. The fourth-order valence-corrected chi connectivity index (χ4v) is 4.76. The molecule has 2 fully saturated rings. The molecule has 5 rings (SSSR count). The van der Waals surface area contributed by atoms with E-state index >= 15 is 0 Å². The van der Waals surface area contributed by atoms with E-state index in [2.05, 4.69) is 50.5 Å². The average molecular weight is 360 g/mol. The lowest BCUT2D eigenvalue weighted by molar-refractivity contribution is 0.0824. The van der Waals surface area contributed by atoms with Gasteiger partial charge in [0.25, 0.3) is 5.91 Å². The number of nitrogens with zero attached hydrogens (tertiary/aromatic N) is 2. The fraction of sp³-hybridized carbons (Fsp3) is 0.364. The minimum atomic E-state index is -0.0626. The minimum Gasteiger partial charge on any atom is -0.348 e. The third kappa shape index (κ3) is 3.23. The van der Waals surface area contributed by atoms with E-state index in [0.29, 0.717) is 17.8 Å². The van der Waals surface area contributed by atoms with Crippen molar-refractivity contribution in [2.75, 3.05) is 0 Å². The van der Waals surface area contributed by atoms with Gasteiger partial charge in [0, 0.05) is 36.3 Å². The van der Waals surface area contributed by atoms with Gasteiger partial charge in [0.05, 0.1) is 0 Å². The molecule has 2 bridgehead atoms. The van der Waals surface area contributed by atoms with Crippen LogP contribution in [0, 0.1) is 0 Å². The van der Waals surface area contributed by atoms with Gasteiger partial charge < -0.3 is 10.3 Å². The normalized spacial score (nSPS) is 25.0. The number of H-pyrrole nitrogens is 1. The Bertz CT molecular complexity index is 937. The van der Waals surface area contributed by atoms with Crippen LogP contribution in [0.5, 0.6) is 0 Å². The first-order valence-corrected chi connectivity index (χ1v) is 9.81. The molecule has 27 heavy (non-hydrogen) atoms. The van der Waals surface area contributed by atoms with E-state index in [1.54, 1.807) is 0 Å². The molecule has 0 spiro atoms. The van der Waals surface area contributed by atoms with Crippen LogP contribution in [0.15, 0.2) is 54.7 Å². The summed E-state index contributed by atoms with van der Waals surface area (Å²) in [6.07, 6.45) is 6.37. The lowest BCUT2D eigenvalue weighted by Crippen LogP contribution is -2.50. The molecule has 3 atom stereocenters. The molecule has 3 aromatic rings. The van der Waals surface area contributed by atoms with E-state index in [0.717, 1.165) is 30.4 Å². The number of aromatic nitrogens is 2. The number of rotatable bonds is 4. The van der Waals surface area contributed by atoms with Gasteiger partial charge in [0.2, 0.25) is 0 Å². The maximum atomic E-state index is 12.7. The van der Waals surface area contributed by atoms with E-state index in [4.69, 9.17) is 0 Å². The van der Waals surface area contributed by atoms with E-state index in [-0.39, 0.29) is 11.9 Å². The van der Waals surface area contributed by atoms with Crippen molar-refractivity contribution in [1.29, 1.82) is 0 Å². The molecule has 0 aliphatic carbocycles. The van der Waals surface area contributed by atoms with Gasteiger partial charge in [-0.1, -0.05) is 30.3 Å². The quantitative estimate of drug-likeness (QED) is 0.749. The largest absolute Gasteiger partial charge is 0.348 e. The second kappa shape index (κ2) is 6.82. The maximum absolute atomic E-state index is 12.7. The molecule has 0 radical (unpaired) electrons. The lowest BCUT2D eigenvalue weighted by atomic mass is 9.96. The van der Waals surface area contributed by atoms with Crippen LogP contribution in [0.3, 0.4) is 0 Å². The van der Waals surface area contributed by atoms with E-state index in [9.17, 15) is 4.79 Å². The van der Waals surface area contributed by atoms with Crippen molar-refractivity contribution >= 4 is 16.9 Å². The number of hydrogen-bond acceptors (Lipinski definition) is 3. The van der Waals surface area contributed by atoms with E-state index < -0.39 is 0 Å². The van der Waals surface area contributed by atoms with Crippen molar-refractivity contribution in [3.8, 4) is 0 Å². The summed E-state index contributed by atoms with van der Waals surface area (Å²) in [6.45, 7) is 1.02. The van der Waals surface area contributed by atoms with Gasteiger partial charge in [-0.15, -0.1) is 0 Å². The number of pyridine rings is 1. The summed E-state index contributed by atoms with van der Waals surface area (Å²) in [5.41, 5.74) is 2.63. The van der Waals surface area contributed by atoms with Gasteiger partial charge in [-0.05, 0) is 49.4 Å². The Kier molecular flexibility index (Phi) is 4.17. The molecular formula is C22H24N4O. The fourth-order valence-electron chi connectivity index (χ4n) is 4.76. The summed E-state index contributed by atoms with van der Waals surface area (Å²) in [6, 6.07) is 17.8. The Hall–Kier alpha value is -2.66. The zero-order valence-electron chi connectivity index (χ0n) is 15.3. The van der Waals surface area contributed by atoms with Crippen LogP contribution < -0.4 is 5.32 Å². The molecule has 2 aliphatic heterocycles. The van der Waals surface area contributed by atoms with E-state index in [1.165, 1.54) is 18.4 Å². The number of piperidine rings is 1. The van der Waals surface area contributed by atoms with Gasteiger partial charge in [-0.2, -0.15) is 0 Å². The van der Waals surface area contributed by atoms with Crippen LogP contribution in [0.25, 0.3) is 11.0 Å². The molecule has 0 unspecified atom stereocenters. The number of fused-ring (bicyclic) bond motifs is 3. The molecule has 2 N–H and O–H groups in total. The van der Waals surface area contributed by atoms with Crippen LogP contribution in [0.2, 0.25) is 0 Å². The molecule has 4 heterocycles. The second-order valence-electron chi connectivity index (χ2n) is 7.80. The molecule has 138 valence electrons. The Morgan fingerprint density at radius 3 is 2.63 bits per heavy atom. The van der Waals surface area contributed by atoms with Gasteiger partial charge in [0.1, 0.15) is 11.3 Å². The van der Waals surface area contributed by atoms with Gasteiger partial charge in [-0.25, -0.2) is 4.98 Å². The smallest absolute Gasteiger partial charge is 0.270 e. The zero-order valence-corrected chi connectivity index (χ0v) is 15.3. The highest BCUT2D eigenvalue weighted by atomic mass is 16.1. The first-order chi connectivity index (χ1) is 13.3. The first kappa shape index (κ1) is 16.5. The Labute approximate surface area is 158 Å². The predicted molar refractivity (Wildman–Crippen MR) is 105 cm³/mol. The van der Waals surface area contributed by atoms with Gasteiger partial charge >= 0.3 is 0 Å². The number of hydrogen-bond donors (Lipinski definition) is 2. The highest BCUT2D eigenvalue weighted by Gasteiger charge is 2.41. The average Bonchev–Trinajstić information content (AvgIpc) is 3.24. The van der Waals surface area contributed by atoms with Crippen molar-refractivity contribution in [2.45, 2.75) is 50.4 Å². The molecule has 2 saturated heterocycles. The van der Waals surface area contributed by atoms with E-state index in [1.807, 2.05) is 24.4 Å². The van der Waals surface area contributed by atoms with Gasteiger partial charge in [0.15, 0.2) is 0 Å². The highest BCUT2D eigenvalue weighted by Crippen LogP contribution is 2.36. The molecule has 5 heteroatoms. The van der Waals surface area contributed by atoms with Crippen molar-refractivity contribution in [2.24, 2.45) is 0 Å². The molecule has 2 aromatic heterocycles. The van der Waals surface area contributed by atoms with Crippen molar-refractivity contribution in [3.05, 3.63) is 66.0 Å². The standard InChI is InChI=1S/C22H24N4O/c27-22(20-9-6-16-10-11-23-21(16)25-20)24-17-12-18-7-8-19(13-17)26(18)14-15-4-2-1-3-5-15/h1-6,9-11,17-19H,7-8,12-14H2,(H,23,25)(H,24,27)/t17-,18-,19+. The number of benzene rings is 1. The number of carbonyl (C=O) groups is 1. The summed E-state index contributed by atoms with van der Waals surface area (Å²) in [4.78, 5) is 22.8. The zero-order chi connectivity index (χ0) is 18.2. The first-order valence-electron chi connectivity index (χ1n) is 9.81. The Morgan fingerprint density at radius 2 is 1.85 bits per heavy atom. The summed E-state index contributed by atoms with van der Waals surface area (Å²) in [5, 5.41) is 4.26. The lowest BCUT2D eigenvalue weighted by Gasteiger charge is -2.39. The summed E-state index contributed by atoms with van der Waals surface area (Å²) >= 11 is 0. The molecule has 1 amide bonds. The number of carbonyl (C=O) groups excluding carboxylic acids is 1. The summed E-state index contributed by atoms with van der Waals surface area (Å²) < 4.78 is 0.